The molecular formula is C30H47N5O2. The maximum absolute atomic E-state index is 13.9. The van der Waals surface area contributed by atoms with Crippen LogP contribution in [0.5, 0.6) is 0 Å². The van der Waals surface area contributed by atoms with Crippen LogP contribution in [-0.4, -0.2) is 64.5 Å². The maximum Gasteiger partial charge on any atom is 0.261 e. The third kappa shape index (κ3) is 5.93. The Balaban J connectivity index is 1.77. The molecule has 2 saturated heterocycles. The Labute approximate surface area is 222 Å². The van der Waals surface area contributed by atoms with Crippen molar-refractivity contribution in [2.24, 2.45) is 11.8 Å². The average Bonchev–Trinajstić information content (AvgIpc) is 2.88. The highest BCUT2D eigenvalue weighted by Gasteiger charge is 2.32. The topological polar surface area (TPSA) is 61.7 Å². The standard InChI is InChI=1S/C30H47N5O2/c1-7-10-27(33-19-21(4)17-22(5)20-33)29-31-26-12-11-24(18-25(26)30(37)34(29)9-3)35(28(36)8-2)23-13-15-32(6)16-14-23/h11-12,18,21-23,27H,7-10,13-17,19-20H2,1-6H3/t21-,22+,27?. The van der Waals surface area contributed by atoms with Crippen LogP contribution in [0.15, 0.2) is 23.0 Å². The third-order valence-electron chi connectivity index (χ3n) is 8.38. The van der Waals surface area contributed by atoms with E-state index in [1.807, 2.05) is 41.5 Å². The first-order chi connectivity index (χ1) is 17.8. The molecule has 0 radical (unpaired) electrons. The molecule has 7 heteroatoms. The molecular weight excluding hydrogens is 462 g/mol. The minimum Gasteiger partial charge on any atom is -0.309 e. The molecule has 0 aliphatic carbocycles. The van der Waals surface area contributed by atoms with E-state index in [4.69, 9.17) is 4.98 Å². The molecule has 2 fully saturated rings. The van der Waals surface area contributed by atoms with Gasteiger partial charge in [0.25, 0.3) is 5.56 Å². The molecule has 2 aromatic rings. The summed E-state index contributed by atoms with van der Waals surface area (Å²) >= 11 is 0. The second kappa shape index (κ2) is 12.1. The highest BCUT2D eigenvalue weighted by Crippen LogP contribution is 2.33. The van der Waals surface area contributed by atoms with Crippen LogP contribution in [0.2, 0.25) is 0 Å². The number of benzene rings is 1. The van der Waals surface area contributed by atoms with Crippen molar-refractivity contribution in [3.05, 3.63) is 34.4 Å². The fourth-order valence-corrected chi connectivity index (χ4v) is 6.63. The van der Waals surface area contributed by atoms with E-state index in [0.717, 1.165) is 68.9 Å². The lowest BCUT2D eigenvalue weighted by molar-refractivity contribution is -0.119. The fraction of sp³-hybridized carbons (Fsp3) is 0.700. The molecule has 2 aliphatic rings. The van der Waals surface area contributed by atoms with Crippen molar-refractivity contribution < 1.29 is 4.79 Å². The number of fused-ring (bicyclic) bond motifs is 1. The zero-order chi connectivity index (χ0) is 26.7. The van der Waals surface area contributed by atoms with Gasteiger partial charge in [0, 0.05) is 37.8 Å². The van der Waals surface area contributed by atoms with Crippen LogP contribution in [0.25, 0.3) is 10.9 Å². The zero-order valence-corrected chi connectivity index (χ0v) is 23.9. The van der Waals surface area contributed by atoms with Gasteiger partial charge in [0.2, 0.25) is 5.91 Å². The molecule has 204 valence electrons. The number of rotatable bonds is 8. The number of likely N-dealkylation sites (tertiary alicyclic amines) is 2. The zero-order valence-electron chi connectivity index (χ0n) is 23.9. The molecule has 0 bridgehead atoms. The normalized spacial score (nSPS) is 22.9. The molecule has 0 spiro atoms. The Kier molecular flexibility index (Phi) is 9.07. The molecule has 7 nitrogen and oxygen atoms in total. The molecule has 2 aliphatic heterocycles. The molecule has 4 rings (SSSR count). The number of aromatic nitrogens is 2. The Morgan fingerprint density at radius 1 is 1.11 bits per heavy atom. The third-order valence-corrected chi connectivity index (χ3v) is 8.38. The maximum atomic E-state index is 13.9. The van der Waals surface area contributed by atoms with Crippen molar-refractivity contribution in [3.63, 3.8) is 0 Å². The van der Waals surface area contributed by atoms with Crippen LogP contribution in [-0.2, 0) is 11.3 Å². The summed E-state index contributed by atoms with van der Waals surface area (Å²) < 4.78 is 1.89. The number of carbonyl (C=O) groups is 1. The van der Waals surface area contributed by atoms with E-state index in [1.54, 1.807) is 0 Å². The number of anilines is 1. The lowest BCUT2D eigenvalue weighted by Gasteiger charge is -2.40. The Hall–Kier alpha value is -2.25. The molecule has 0 saturated carbocycles. The van der Waals surface area contributed by atoms with Gasteiger partial charge in [0.15, 0.2) is 0 Å². The largest absolute Gasteiger partial charge is 0.309 e. The Morgan fingerprint density at radius 2 is 1.78 bits per heavy atom. The molecule has 1 unspecified atom stereocenters. The average molecular weight is 510 g/mol. The SMILES string of the molecule is CCCC(c1nc2ccc(N(C(=O)CC)C3CCN(C)CC3)cc2c(=O)n1CC)N1C[C@H](C)C[C@H](C)C1. The summed E-state index contributed by atoms with van der Waals surface area (Å²) in [5.41, 5.74) is 1.57. The number of hydrogen-bond donors (Lipinski definition) is 0. The van der Waals surface area contributed by atoms with Gasteiger partial charge < -0.3 is 9.80 Å². The summed E-state index contributed by atoms with van der Waals surface area (Å²) in [6.07, 6.45) is 5.64. The van der Waals surface area contributed by atoms with E-state index < -0.39 is 0 Å². The second-order valence-electron chi connectivity index (χ2n) is 11.6. The molecule has 3 atom stereocenters. The summed E-state index contributed by atoms with van der Waals surface area (Å²) in [6.45, 7) is 15.5. The molecule has 0 N–H and O–H groups in total. The first kappa shape index (κ1) is 27.8. The molecule has 1 aromatic carbocycles. The van der Waals surface area contributed by atoms with Crippen LogP contribution in [0, 0.1) is 11.8 Å². The lowest BCUT2D eigenvalue weighted by Crippen LogP contribution is -2.46. The smallest absolute Gasteiger partial charge is 0.261 e. The highest BCUT2D eigenvalue weighted by atomic mass is 16.2. The van der Waals surface area contributed by atoms with Crippen molar-refractivity contribution in [2.75, 3.05) is 38.1 Å². The monoisotopic (exact) mass is 509 g/mol. The van der Waals surface area contributed by atoms with Crippen molar-refractivity contribution in [1.29, 1.82) is 0 Å². The van der Waals surface area contributed by atoms with E-state index in [1.165, 1.54) is 6.42 Å². The van der Waals surface area contributed by atoms with E-state index in [2.05, 4.69) is 37.6 Å². The summed E-state index contributed by atoms with van der Waals surface area (Å²) in [7, 11) is 2.13. The van der Waals surface area contributed by atoms with Crippen molar-refractivity contribution in [1.82, 2.24) is 19.4 Å². The van der Waals surface area contributed by atoms with Gasteiger partial charge in [0.05, 0.1) is 16.9 Å². The molecule has 1 amide bonds. The van der Waals surface area contributed by atoms with E-state index in [9.17, 15) is 9.59 Å². The molecule has 37 heavy (non-hydrogen) atoms. The van der Waals surface area contributed by atoms with Gasteiger partial charge in [-0.15, -0.1) is 0 Å². The fourth-order valence-electron chi connectivity index (χ4n) is 6.63. The lowest BCUT2D eigenvalue weighted by atomic mass is 9.90. The van der Waals surface area contributed by atoms with E-state index >= 15 is 0 Å². The second-order valence-corrected chi connectivity index (χ2v) is 11.6. The van der Waals surface area contributed by atoms with Crippen molar-refractivity contribution >= 4 is 22.5 Å². The van der Waals surface area contributed by atoms with Gasteiger partial charge in [-0.1, -0.05) is 34.1 Å². The van der Waals surface area contributed by atoms with Gasteiger partial charge in [-0.05, 0) is 82.8 Å². The summed E-state index contributed by atoms with van der Waals surface area (Å²) in [6, 6.07) is 6.20. The first-order valence-electron chi connectivity index (χ1n) is 14.6. The predicted molar refractivity (Wildman–Crippen MR) is 152 cm³/mol. The van der Waals surface area contributed by atoms with Crippen LogP contribution < -0.4 is 10.5 Å². The predicted octanol–water partition coefficient (Wildman–Crippen LogP) is 5.07. The summed E-state index contributed by atoms with van der Waals surface area (Å²) in [5, 5.41) is 0.612. The van der Waals surface area contributed by atoms with Crippen LogP contribution >= 0.6 is 0 Å². The van der Waals surface area contributed by atoms with Gasteiger partial charge in [-0.25, -0.2) is 4.98 Å². The quantitative estimate of drug-likeness (QED) is 0.497. The van der Waals surface area contributed by atoms with Gasteiger partial charge in [0.1, 0.15) is 5.82 Å². The Bertz CT molecular complexity index is 1130. The number of amides is 1. The minimum absolute atomic E-state index is 0.0100. The van der Waals surface area contributed by atoms with Gasteiger partial charge >= 0.3 is 0 Å². The van der Waals surface area contributed by atoms with Gasteiger partial charge in [-0.2, -0.15) is 0 Å². The minimum atomic E-state index is 0.0100. The van der Waals surface area contributed by atoms with Crippen molar-refractivity contribution in [2.45, 2.75) is 91.8 Å². The van der Waals surface area contributed by atoms with Crippen LogP contribution in [0.4, 0.5) is 5.69 Å². The Morgan fingerprint density at radius 3 is 2.38 bits per heavy atom. The van der Waals surface area contributed by atoms with Crippen molar-refractivity contribution in [3.8, 4) is 0 Å². The molecule has 1 aromatic heterocycles. The number of hydrogen-bond acceptors (Lipinski definition) is 5. The number of nitrogens with zero attached hydrogens (tertiary/aromatic N) is 5. The summed E-state index contributed by atoms with van der Waals surface area (Å²) in [4.78, 5) is 39.0. The van der Waals surface area contributed by atoms with Gasteiger partial charge in [-0.3, -0.25) is 19.1 Å². The number of piperidine rings is 2. The van der Waals surface area contributed by atoms with Crippen LogP contribution in [0.3, 0.4) is 0 Å². The number of carbonyl (C=O) groups excluding carboxylic acids is 1. The van der Waals surface area contributed by atoms with E-state index in [0.29, 0.717) is 30.2 Å². The first-order valence-corrected chi connectivity index (χ1v) is 14.6. The highest BCUT2D eigenvalue weighted by molar-refractivity contribution is 5.96. The van der Waals surface area contributed by atoms with Crippen LogP contribution in [0.1, 0.15) is 85.0 Å². The molecule has 3 heterocycles. The summed E-state index contributed by atoms with van der Waals surface area (Å²) in [5.74, 6) is 2.31. The van der Waals surface area contributed by atoms with E-state index in [-0.39, 0.29) is 23.6 Å².